The minimum absolute atomic E-state index is 0.0653. The van der Waals surface area contributed by atoms with E-state index < -0.39 is 12.9 Å². The smallest absolute Gasteiger partial charge is 0.271 e. The van der Waals surface area contributed by atoms with Gasteiger partial charge in [-0.1, -0.05) is 0 Å². The Morgan fingerprint density at radius 2 is 1.75 bits per heavy atom. The number of nitrogens with one attached hydrogen (secondary N) is 2. The number of piperazine rings is 1. The Bertz CT molecular complexity index is 1570. The number of ether oxygens (including phenoxy) is 1. The van der Waals surface area contributed by atoms with E-state index in [4.69, 9.17) is 24.6 Å². The summed E-state index contributed by atoms with van der Waals surface area (Å²) in [6, 6.07) is 10.6. The highest BCUT2D eigenvalue weighted by atomic mass is 16.5. The van der Waals surface area contributed by atoms with E-state index in [1.54, 1.807) is 11.1 Å². The molecule has 234 valence electrons. The molecule has 5 heterocycles. The number of amides is 1. The van der Waals surface area contributed by atoms with Gasteiger partial charge in [0.15, 0.2) is 17.3 Å². The van der Waals surface area contributed by atoms with Crippen molar-refractivity contribution in [2.75, 3.05) is 75.0 Å². The third-order valence-electron chi connectivity index (χ3n) is 8.96. The van der Waals surface area contributed by atoms with Crippen molar-refractivity contribution >= 4 is 28.9 Å². The van der Waals surface area contributed by atoms with Gasteiger partial charge in [-0.3, -0.25) is 14.7 Å². The van der Waals surface area contributed by atoms with Crippen LogP contribution in [-0.4, -0.2) is 102 Å². The second-order valence-electron chi connectivity index (χ2n) is 12.1. The Morgan fingerprint density at radius 1 is 0.977 bits per heavy atom. The number of piperidine rings is 1. The minimum atomic E-state index is -2.01. The summed E-state index contributed by atoms with van der Waals surface area (Å²) >= 11 is 0. The zero-order chi connectivity index (χ0) is 33.1. The number of benzene rings is 1. The molecule has 1 amide bonds. The first-order valence-corrected chi connectivity index (χ1v) is 15.7. The average Bonchev–Trinajstić information content (AvgIpc) is 3.05. The van der Waals surface area contributed by atoms with Gasteiger partial charge in [0.05, 0.1) is 0 Å². The molecular weight excluding hydrogens is 554 g/mol. The number of aryl methyl sites for hydroxylation is 2. The van der Waals surface area contributed by atoms with Gasteiger partial charge in [0.25, 0.3) is 5.91 Å². The van der Waals surface area contributed by atoms with Crippen LogP contribution in [0.25, 0.3) is 11.3 Å². The first-order valence-electron chi connectivity index (χ1n) is 17.2. The molecule has 11 heteroatoms. The van der Waals surface area contributed by atoms with Crippen molar-refractivity contribution in [3.8, 4) is 11.3 Å². The molecule has 0 saturated carbocycles. The standard InChI is InChI=1S/C33H45N9O2/c1-22-20-26(4-5-28(22)42-12-7-27(8-13-42)41-16-14-40(3)15-17-41)37-33-30(31(34)43)38-29(24-6-11-35-23(2)21-24)32(39-33)36-25-9-18-44-19-10-25/h4-6,11,20-21,25,27H,7-10,12-19H2,1-3H3,(H2,34,43)(H2,36,37,39)/i3D3. The van der Waals surface area contributed by atoms with E-state index in [-0.39, 0.29) is 11.7 Å². The molecule has 0 radical (unpaired) electrons. The fourth-order valence-corrected chi connectivity index (χ4v) is 6.51. The van der Waals surface area contributed by atoms with Gasteiger partial charge in [-0.15, -0.1) is 0 Å². The number of aromatic nitrogens is 3. The van der Waals surface area contributed by atoms with Crippen LogP contribution in [0.3, 0.4) is 0 Å². The third-order valence-corrected chi connectivity index (χ3v) is 8.96. The van der Waals surface area contributed by atoms with E-state index >= 15 is 0 Å². The maximum absolute atomic E-state index is 12.7. The van der Waals surface area contributed by atoms with Gasteiger partial charge in [-0.2, -0.15) is 0 Å². The van der Waals surface area contributed by atoms with E-state index in [2.05, 4.69) is 44.5 Å². The van der Waals surface area contributed by atoms with Gasteiger partial charge in [0.2, 0.25) is 0 Å². The van der Waals surface area contributed by atoms with E-state index in [0.29, 0.717) is 49.7 Å². The van der Waals surface area contributed by atoms with Crippen LogP contribution in [0.4, 0.5) is 23.0 Å². The number of pyridine rings is 1. The molecule has 3 aromatic rings. The first kappa shape index (κ1) is 26.6. The summed E-state index contributed by atoms with van der Waals surface area (Å²) in [6.07, 6.45) is 5.48. The maximum Gasteiger partial charge on any atom is 0.271 e. The molecule has 3 saturated heterocycles. The van der Waals surface area contributed by atoms with Gasteiger partial charge in [-0.25, -0.2) is 9.97 Å². The minimum Gasteiger partial charge on any atom is -0.381 e. The fourth-order valence-electron chi connectivity index (χ4n) is 6.51. The highest BCUT2D eigenvalue weighted by Crippen LogP contribution is 2.33. The maximum atomic E-state index is 12.7. The number of nitrogens with two attached hydrogens (primary N) is 1. The molecule has 0 spiro atoms. The molecule has 44 heavy (non-hydrogen) atoms. The molecule has 3 aliphatic heterocycles. The van der Waals surface area contributed by atoms with Crippen LogP contribution in [0.1, 0.15) is 51.5 Å². The summed E-state index contributed by atoms with van der Waals surface area (Å²) in [7, 11) is 0. The summed E-state index contributed by atoms with van der Waals surface area (Å²) in [5.74, 6) is 0.208. The van der Waals surface area contributed by atoms with E-state index in [9.17, 15) is 4.79 Å². The number of nitrogens with zero attached hydrogens (tertiary/aromatic N) is 6. The third kappa shape index (κ3) is 6.95. The summed E-state index contributed by atoms with van der Waals surface area (Å²) in [6.45, 7) is 7.99. The number of carbonyl (C=O) groups is 1. The number of anilines is 4. The Hall–Kier alpha value is -3.80. The van der Waals surface area contributed by atoms with Crippen LogP contribution in [0, 0.1) is 13.8 Å². The number of carbonyl (C=O) groups excluding carboxylic acids is 1. The van der Waals surface area contributed by atoms with Crippen LogP contribution in [0.2, 0.25) is 0 Å². The molecule has 11 nitrogen and oxygen atoms in total. The van der Waals surface area contributed by atoms with E-state index in [1.807, 2.05) is 25.1 Å². The van der Waals surface area contributed by atoms with Crippen molar-refractivity contribution < 1.29 is 13.6 Å². The molecule has 0 atom stereocenters. The molecule has 1 aromatic carbocycles. The molecule has 3 aliphatic rings. The fraction of sp³-hybridized carbons (Fsp3) is 0.515. The largest absolute Gasteiger partial charge is 0.381 e. The second kappa shape index (κ2) is 13.5. The Kier molecular flexibility index (Phi) is 8.13. The lowest BCUT2D eigenvalue weighted by atomic mass is 10.0. The van der Waals surface area contributed by atoms with Gasteiger partial charge < -0.3 is 30.9 Å². The summed E-state index contributed by atoms with van der Waals surface area (Å²) < 4.78 is 28.6. The topological polar surface area (TPSA) is 125 Å². The number of hydrogen-bond acceptors (Lipinski definition) is 10. The number of likely N-dealkylation sites (N-methyl/N-ethyl adjacent to an activating group) is 1. The normalized spacial score (nSPS) is 20.5. The quantitative estimate of drug-likeness (QED) is 0.351. The summed E-state index contributed by atoms with van der Waals surface area (Å²) in [4.78, 5) is 33.1. The Labute approximate surface area is 264 Å². The Balaban J connectivity index is 1.18. The molecule has 3 fully saturated rings. The van der Waals surface area contributed by atoms with Crippen LogP contribution in [0.15, 0.2) is 36.5 Å². The molecule has 0 unspecified atom stereocenters. The van der Waals surface area contributed by atoms with Crippen LogP contribution in [-0.2, 0) is 4.74 Å². The first-order chi connectivity index (χ1) is 22.5. The molecule has 0 aliphatic carbocycles. The number of hydrogen-bond donors (Lipinski definition) is 3. The number of rotatable bonds is 8. The van der Waals surface area contributed by atoms with Crippen molar-refractivity contribution in [3.05, 3.63) is 53.5 Å². The number of primary amides is 1. The zero-order valence-electron chi connectivity index (χ0n) is 28.7. The van der Waals surface area contributed by atoms with Crippen LogP contribution in [0.5, 0.6) is 0 Å². The molecule has 0 bridgehead atoms. The predicted octanol–water partition coefficient (Wildman–Crippen LogP) is 3.81. The van der Waals surface area contributed by atoms with Crippen molar-refractivity contribution in [2.24, 2.45) is 5.73 Å². The lowest BCUT2D eigenvalue weighted by Crippen LogP contribution is -2.52. The van der Waals surface area contributed by atoms with Crippen molar-refractivity contribution in [1.82, 2.24) is 24.8 Å². The van der Waals surface area contributed by atoms with Gasteiger partial charge >= 0.3 is 0 Å². The highest BCUT2D eigenvalue weighted by Gasteiger charge is 2.28. The molecule has 2 aromatic heterocycles. The average molecular weight is 603 g/mol. The SMILES string of the molecule is [2H]C([2H])([2H])N1CCN(C2CCN(c3ccc(Nc4nc(NC5CCOCC5)c(-c5ccnc(C)c5)nc4C(N)=O)cc3C)CC2)CC1. The monoisotopic (exact) mass is 602 g/mol. The van der Waals surface area contributed by atoms with Gasteiger partial charge in [0, 0.05) is 97.5 Å². The van der Waals surface area contributed by atoms with Crippen LogP contribution < -0.4 is 21.3 Å². The van der Waals surface area contributed by atoms with Crippen molar-refractivity contribution in [1.29, 1.82) is 0 Å². The van der Waals surface area contributed by atoms with Crippen molar-refractivity contribution in [3.63, 3.8) is 0 Å². The predicted molar refractivity (Wildman–Crippen MR) is 175 cm³/mol. The lowest BCUT2D eigenvalue weighted by Gasteiger charge is -2.43. The van der Waals surface area contributed by atoms with Crippen molar-refractivity contribution in [2.45, 2.75) is 51.6 Å². The van der Waals surface area contributed by atoms with Crippen LogP contribution >= 0.6 is 0 Å². The van der Waals surface area contributed by atoms with Gasteiger partial charge in [-0.05, 0) is 82.4 Å². The Morgan fingerprint density at radius 3 is 2.43 bits per heavy atom. The van der Waals surface area contributed by atoms with Gasteiger partial charge in [0.1, 0.15) is 5.69 Å². The summed E-state index contributed by atoms with van der Waals surface area (Å²) in [5, 5.41) is 6.89. The lowest BCUT2D eigenvalue weighted by molar-refractivity contribution is 0.0904. The summed E-state index contributed by atoms with van der Waals surface area (Å²) in [5.41, 5.74) is 11.2. The molecular formula is C33H45N9O2. The molecule has 6 rings (SSSR count). The van der Waals surface area contributed by atoms with E-state index in [0.717, 1.165) is 74.4 Å². The molecule has 4 N–H and O–H groups in total. The zero-order valence-corrected chi connectivity index (χ0v) is 25.7. The highest BCUT2D eigenvalue weighted by molar-refractivity contribution is 5.97. The van der Waals surface area contributed by atoms with E-state index in [1.165, 1.54) is 5.69 Å². The second-order valence-corrected chi connectivity index (χ2v) is 12.1.